The number of hydrogen-bond acceptors (Lipinski definition) is 4. The predicted molar refractivity (Wildman–Crippen MR) is 74.7 cm³/mol. The number of ether oxygens (including phenoxy) is 2. The third-order valence-electron chi connectivity index (χ3n) is 3.41. The molecule has 4 nitrogen and oxygen atoms in total. The zero-order chi connectivity index (χ0) is 13.8. The molecule has 0 aliphatic carbocycles. The minimum absolute atomic E-state index is 0.0348. The van der Waals surface area contributed by atoms with Gasteiger partial charge in [-0.1, -0.05) is 26.8 Å². The van der Waals surface area contributed by atoms with E-state index < -0.39 is 6.10 Å². The monoisotopic (exact) mass is 265 g/mol. The van der Waals surface area contributed by atoms with E-state index in [1.165, 1.54) is 0 Å². The normalized spacial score (nSPS) is 17.3. The Morgan fingerprint density at radius 1 is 1.21 bits per heavy atom. The predicted octanol–water partition coefficient (Wildman–Crippen LogP) is 2.13. The van der Waals surface area contributed by atoms with Gasteiger partial charge in [-0.3, -0.25) is 0 Å². The molecule has 1 aliphatic rings. The summed E-state index contributed by atoms with van der Waals surface area (Å²) in [6, 6.07) is 5.69. The first-order valence-corrected chi connectivity index (χ1v) is 6.94. The van der Waals surface area contributed by atoms with Gasteiger partial charge in [0.25, 0.3) is 0 Å². The number of benzene rings is 1. The van der Waals surface area contributed by atoms with Crippen molar-refractivity contribution < 1.29 is 14.6 Å². The Bertz CT molecular complexity index is 420. The van der Waals surface area contributed by atoms with Crippen molar-refractivity contribution in [2.24, 2.45) is 5.92 Å². The molecule has 0 radical (unpaired) electrons. The first-order chi connectivity index (χ1) is 9.13. The van der Waals surface area contributed by atoms with Crippen molar-refractivity contribution in [3.63, 3.8) is 0 Å². The largest absolute Gasteiger partial charge is 0.486 e. The minimum atomic E-state index is -0.546. The van der Waals surface area contributed by atoms with Crippen LogP contribution in [0, 0.1) is 5.92 Å². The maximum Gasteiger partial charge on any atom is 0.161 e. The molecule has 4 heteroatoms. The number of likely N-dealkylation sites (N-methyl/N-ethyl adjacent to an activating group) is 1. The molecule has 1 aromatic rings. The Morgan fingerprint density at radius 2 is 1.89 bits per heavy atom. The van der Waals surface area contributed by atoms with Crippen LogP contribution < -0.4 is 14.8 Å². The van der Waals surface area contributed by atoms with E-state index in [1.54, 1.807) is 0 Å². The number of rotatable bonds is 5. The highest BCUT2D eigenvalue weighted by molar-refractivity contribution is 5.44. The highest BCUT2D eigenvalue weighted by Gasteiger charge is 2.24. The highest BCUT2D eigenvalue weighted by Crippen LogP contribution is 2.34. The first-order valence-electron chi connectivity index (χ1n) is 6.94. The lowest BCUT2D eigenvalue weighted by Crippen LogP contribution is -2.39. The van der Waals surface area contributed by atoms with Crippen LogP contribution in [-0.2, 0) is 0 Å². The van der Waals surface area contributed by atoms with Crippen LogP contribution in [0.1, 0.15) is 32.4 Å². The van der Waals surface area contributed by atoms with Crippen LogP contribution in [0.15, 0.2) is 18.2 Å². The molecule has 0 aromatic heterocycles. The molecule has 0 saturated heterocycles. The van der Waals surface area contributed by atoms with E-state index in [0.717, 1.165) is 23.6 Å². The molecular formula is C15H23NO3. The van der Waals surface area contributed by atoms with Crippen molar-refractivity contribution in [2.45, 2.75) is 32.9 Å². The van der Waals surface area contributed by atoms with Gasteiger partial charge in [0, 0.05) is 6.04 Å². The van der Waals surface area contributed by atoms with Gasteiger partial charge < -0.3 is 19.9 Å². The number of aliphatic hydroxyl groups is 1. The lowest BCUT2D eigenvalue weighted by atomic mass is 9.93. The molecule has 1 aromatic carbocycles. The number of aliphatic hydroxyl groups excluding tert-OH is 1. The Kier molecular flexibility index (Phi) is 4.66. The summed E-state index contributed by atoms with van der Waals surface area (Å²) in [5.74, 6) is 1.83. The summed E-state index contributed by atoms with van der Waals surface area (Å²) >= 11 is 0. The van der Waals surface area contributed by atoms with Gasteiger partial charge in [0.15, 0.2) is 11.5 Å². The van der Waals surface area contributed by atoms with Gasteiger partial charge in [0.2, 0.25) is 0 Å². The summed E-state index contributed by atoms with van der Waals surface area (Å²) in [5, 5.41) is 13.9. The molecule has 1 heterocycles. The number of nitrogens with one attached hydrogen (secondary N) is 1. The standard InChI is InChI=1S/C15H23NO3/c1-4-16-14(10(2)3)15(17)11-5-6-12-13(9-11)19-8-7-18-12/h5-6,9-10,14-17H,4,7-8H2,1-3H3. The van der Waals surface area contributed by atoms with Crippen LogP contribution in [0.4, 0.5) is 0 Å². The van der Waals surface area contributed by atoms with E-state index in [4.69, 9.17) is 9.47 Å². The van der Waals surface area contributed by atoms with Gasteiger partial charge in [0.1, 0.15) is 13.2 Å². The summed E-state index contributed by atoms with van der Waals surface area (Å²) in [6.07, 6.45) is -0.546. The highest BCUT2D eigenvalue weighted by atomic mass is 16.6. The smallest absolute Gasteiger partial charge is 0.161 e. The maximum absolute atomic E-state index is 10.5. The van der Waals surface area contributed by atoms with Gasteiger partial charge in [-0.2, -0.15) is 0 Å². The van der Waals surface area contributed by atoms with Crippen LogP contribution in [0.25, 0.3) is 0 Å². The van der Waals surface area contributed by atoms with E-state index in [2.05, 4.69) is 19.2 Å². The van der Waals surface area contributed by atoms with Gasteiger partial charge in [0.05, 0.1) is 6.10 Å². The Hall–Kier alpha value is -1.26. The molecule has 2 rings (SSSR count). The van der Waals surface area contributed by atoms with E-state index in [0.29, 0.717) is 19.1 Å². The number of fused-ring (bicyclic) bond motifs is 1. The summed E-state index contributed by atoms with van der Waals surface area (Å²) < 4.78 is 11.0. The molecule has 2 N–H and O–H groups in total. The molecule has 0 saturated carbocycles. The van der Waals surface area contributed by atoms with Gasteiger partial charge >= 0.3 is 0 Å². The van der Waals surface area contributed by atoms with Crippen molar-refractivity contribution in [3.8, 4) is 11.5 Å². The van der Waals surface area contributed by atoms with Crippen molar-refractivity contribution in [3.05, 3.63) is 23.8 Å². The number of hydrogen-bond donors (Lipinski definition) is 2. The van der Waals surface area contributed by atoms with E-state index >= 15 is 0 Å². The van der Waals surface area contributed by atoms with Crippen molar-refractivity contribution in [2.75, 3.05) is 19.8 Å². The van der Waals surface area contributed by atoms with Crippen LogP contribution in [-0.4, -0.2) is 30.9 Å². The maximum atomic E-state index is 10.5. The first kappa shape index (κ1) is 14.2. The summed E-state index contributed by atoms with van der Waals surface area (Å²) in [4.78, 5) is 0. The Morgan fingerprint density at radius 3 is 2.53 bits per heavy atom. The molecule has 0 spiro atoms. The minimum Gasteiger partial charge on any atom is -0.486 e. The lowest BCUT2D eigenvalue weighted by molar-refractivity contribution is 0.105. The van der Waals surface area contributed by atoms with Crippen molar-refractivity contribution >= 4 is 0 Å². The molecule has 2 atom stereocenters. The lowest BCUT2D eigenvalue weighted by Gasteiger charge is -2.28. The zero-order valence-corrected chi connectivity index (χ0v) is 11.8. The molecule has 0 bridgehead atoms. The second kappa shape index (κ2) is 6.26. The average molecular weight is 265 g/mol. The van der Waals surface area contributed by atoms with Crippen LogP contribution in [0.3, 0.4) is 0 Å². The van der Waals surface area contributed by atoms with E-state index in [1.807, 2.05) is 25.1 Å². The van der Waals surface area contributed by atoms with Crippen LogP contribution in [0.2, 0.25) is 0 Å². The molecule has 2 unspecified atom stereocenters. The summed E-state index contributed by atoms with van der Waals surface area (Å²) in [6.45, 7) is 8.24. The fraction of sp³-hybridized carbons (Fsp3) is 0.600. The fourth-order valence-corrected chi connectivity index (χ4v) is 2.40. The van der Waals surface area contributed by atoms with Gasteiger partial charge in [-0.05, 0) is 30.2 Å². The molecule has 0 amide bonds. The SMILES string of the molecule is CCNC(C(C)C)C(O)c1ccc2c(c1)OCCO2. The van der Waals surface area contributed by atoms with E-state index in [-0.39, 0.29) is 6.04 Å². The second-order valence-electron chi connectivity index (χ2n) is 5.18. The third-order valence-corrected chi connectivity index (χ3v) is 3.41. The van der Waals surface area contributed by atoms with Crippen molar-refractivity contribution in [1.29, 1.82) is 0 Å². The van der Waals surface area contributed by atoms with Crippen LogP contribution >= 0.6 is 0 Å². The van der Waals surface area contributed by atoms with Gasteiger partial charge in [-0.15, -0.1) is 0 Å². The Balaban J connectivity index is 2.20. The average Bonchev–Trinajstić information content (AvgIpc) is 2.43. The molecule has 0 fully saturated rings. The Labute approximate surface area is 114 Å². The molecule has 106 valence electrons. The molecular weight excluding hydrogens is 242 g/mol. The fourth-order valence-electron chi connectivity index (χ4n) is 2.40. The third kappa shape index (κ3) is 3.19. The van der Waals surface area contributed by atoms with Crippen LogP contribution in [0.5, 0.6) is 11.5 Å². The molecule has 19 heavy (non-hydrogen) atoms. The zero-order valence-electron chi connectivity index (χ0n) is 11.8. The summed E-state index contributed by atoms with van der Waals surface area (Å²) in [7, 11) is 0. The van der Waals surface area contributed by atoms with Gasteiger partial charge in [-0.25, -0.2) is 0 Å². The summed E-state index contributed by atoms with van der Waals surface area (Å²) in [5.41, 5.74) is 0.865. The quantitative estimate of drug-likeness (QED) is 0.856. The van der Waals surface area contributed by atoms with E-state index in [9.17, 15) is 5.11 Å². The van der Waals surface area contributed by atoms with Crippen molar-refractivity contribution in [1.82, 2.24) is 5.32 Å². The second-order valence-corrected chi connectivity index (χ2v) is 5.18. The molecule has 1 aliphatic heterocycles. The topological polar surface area (TPSA) is 50.7 Å².